The Bertz CT molecular complexity index is 576. The van der Waals surface area contributed by atoms with E-state index in [4.69, 9.17) is 5.11 Å². The predicted molar refractivity (Wildman–Crippen MR) is 119 cm³/mol. The van der Waals surface area contributed by atoms with Gasteiger partial charge < -0.3 is 20.3 Å². The van der Waals surface area contributed by atoms with E-state index >= 15 is 0 Å². The lowest BCUT2D eigenvalue weighted by Gasteiger charge is -2.16. The Morgan fingerprint density at radius 1 is 1.19 bits per heavy atom. The van der Waals surface area contributed by atoms with Gasteiger partial charge in [-0.1, -0.05) is 57.6 Å². The minimum absolute atomic E-state index is 0.0489. The van der Waals surface area contributed by atoms with Crippen LogP contribution in [0, 0.1) is 11.8 Å². The van der Waals surface area contributed by atoms with Crippen LogP contribution >= 0.6 is 0 Å². The molecule has 0 aromatic heterocycles. The lowest BCUT2D eigenvalue weighted by atomic mass is 9.89. The number of carbonyl (C=O) groups excluding carboxylic acids is 3. The maximum atomic E-state index is 12.3. The number of hydrogen-bond donors (Lipinski definition) is 3. The van der Waals surface area contributed by atoms with E-state index in [1.54, 1.807) is 0 Å². The van der Waals surface area contributed by atoms with Crippen LogP contribution in [0.1, 0.15) is 84.0 Å². The van der Waals surface area contributed by atoms with Crippen LogP contribution in [0.3, 0.4) is 0 Å². The number of esters is 1. The number of aliphatic hydroxyl groups is 2. The minimum atomic E-state index is -1.01. The number of hydrogen-bond acceptors (Lipinski definition) is 6. The molecule has 1 aliphatic rings. The number of aliphatic hydroxyl groups excluding tert-OH is 2. The summed E-state index contributed by atoms with van der Waals surface area (Å²) in [5, 5.41) is 21.7. The maximum absolute atomic E-state index is 12.3. The largest absolute Gasteiger partial charge is 0.467 e. The van der Waals surface area contributed by atoms with Gasteiger partial charge in [-0.25, -0.2) is 4.79 Å². The van der Waals surface area contributed by atoms with Crippen molar-refractivity contribution in [1.29, 1.82) is 0 Å². The molecule has 1 saturated carbocycles. The smallest absolute Gasteiger partial charge is 0.330 e. The molecule has 4 atom stereocenters. The van der Waals surface area contributed by atoms with Crippen LogP contribution in [-0.4, -0.2) is 53.7 Å². The molecule has 7 nitrogen and oxygen atoms in total. The number of rotatable bonds is 16. The first-order chi connectivity index (χ1) is 14.9. The minimum Gasteiger partial charge on any atom is -0.467 e. The summed E-state index contributed by atoms with van der Waals surface area (Å²) in [6.45, 7) is 1.66. The van der Waals surface area contributed by atoms with Gasteiger partial charge in [-0.05, 0) is 31.6 Å². The molecular formula is C24H41NO6. The number of Topliss-reactive ketones (excluding diaryl/α,β-unsaturated/α-hetero) is 1. The van der Waals surface area contributed by atoms with Crippen molar-refractivity contribution < 1.29 is 29.3 Å². The third kappa shape index (κ3) is 10.9. The summed E-state index contributed by atoms with van der Waals surface area (Å²) in [5.74, 6) is -0.333. The highest BCUT2D eigenvalue weighted by Gasteiger charge is 2.32. The molecule has 0 spiro atoms. The van der Waals surface area contributed by atoms with Gasteiger partial charge in [0.15, 0.2) is 6.04 Å². The molecule has 4 unspecified atom stereocenters. The van der Waals surface area contributed by atoms with Crippen molar-refractivity contribution in [2.24, 2.45) is 11.8 Å². The number of nitrogens with one attached hydrogen (secondary N) is 1. The second-order valence-corrected chi connectivity index (χ2v) is 8.50. The van der Waals surface area contributed by atoms with Crippen molar-refractivity contribution in [3.8, 4) is 0 Å². The van der Waals surface area contributed by atoms with Crippen LogP contribution in [0.2, 0.25) is 0 Å². The standard InChI is InChI=1S/C24H41NO6/c1-3-4-7-10-19(27)15-13-18-14-16-22(28)20(18)11-8-5-6-9-12-23(29)25-21(17-26)24(30)31-2/h13,15,18-21,26-27H,3-12,14,16-17H2,1-2H3,(H,25,29). The first kappa shape index (κ1) is 27.3. The fraction of sp³-hybridized carbons (Fsp3) is 0.792. The zero-order chi connectivity index (χ0) is 23.1. The SMILES string of the molecule is CCCCCC(O)C=CC1CCC(=O)C1CCCCCCC(=O)NC(CO)C(=O)OC. The number of amides is 1. The quantitative estimate of drug-likeness (QED) is 0.194. The highest BCUT2D eigenvalue weighted by Crippen LogP contribution is 2.34. The summed E-state index contributed by atoms with van der Waals surface area (Å²) < 4.78 is 4.52. The number of unbranched alkanes of at least 4 members (excludes halogenated alkanes) is 5. The Morgan fingerprint density at radius 2 is 1.94 bits per heavy atom. The molecule has 31 heavy (non-hydrogen) atoms. The molecule has 178 valence electrons. The zero-order valence-electron chi connectivity index (χ0n) is 19.2. The van der Waals surface area contributed by atoms with Gasteiger partial charge in [-0.15, -0.1) is 0 Å². The Kier molecular flexibility index (Phi) is 14.1. The van der Waals surface area contributed by atoms with Gasteiger partial charge in [0.05, 0.1) is 19.8 Å². The second-order valence-electron chi connectivity index (χ2n) is 8.50. The summed E-state index contributed by atoms with van der Waals surface area (Å²) >= 11 is 0. The number of ketones is 1. The van der Waals surface area contributed by atoms with Crippen LogP contribution in [0.25, 0.3) is 0 Å². The van der Waals surface area contributed by atoms with E-state index in [-0.39, 0.29) is 24.2 Å². The van der Waals surface area contributed by atoms with E-state index < -0.39 is 24.7 Å². The van der Waals surface area contributed by atoms with Crippen LogP contribution in [0.4, 0.5) is 0 Å². The molecular weight excluding hydrogens is 398 g/mol. The first-order valence-electron chi connectivity index (χ1n) is 11.8. The van der Waals surface area contributed by atoms with Crippen LogP contribution < -0.4 is 5.32 Å². The van der Waals surface area contributed by atoms with Crippen molar-refractivity contribution in [3.05, 3.63) is 12.2 Å². The summed E-state index contributed by atoms with van der Waals surface area (Å²) in [6, 6.07) is -1.01. The molecule has 1 fully saturated rings. The Labute approximate surface area is 186 Å². The van der Waals surface area contributed by atoms with Crippen molar-refractivity contribution in [1.82, 2.24) is 5.32 Å². The molecule has 0 aromatic carbocycles. The summed E-state index contributed by atoms with van der Waals surface area (Å²) in [6.07, 6.45) is 13.6. The number of methoxy groups -OCH3 is 1. The van der Waals surface area contributed by atoms with E-state index in [2.05, 4.69) is 23.1 Å². The lowest BCUT2D eigenvalue weighted by molar-refractivity contribution is -0.146. The molecule has 3 N–H and O–H groups in total. The highest BCUT2D eigenvalue weighted by atomic mass is 16.5. The zero-order valence-corrected chi connectivity index (χ0v) is 19.2. The van der Waals surface area contributed by atoms with Crippen LogP contribution in [0.15, 0.2) is 12.2 Å². The van der Waals surface area contributed by atoms with Gasteiger partial charge in [-0.3, -0.25) is 9.59 Å². The van der Waals surface area contributed by atoms with Crippen molar-refractivity contribution in [3.63, 3.8) is 0 Å². The van der Waals surface area contributed by atoms with E-state index in [0.717, 1.165) is 57.8 Å². The molecule has 0 aliphatic heterocycles. The fourth-order valence-electron chi connectivity index (χ4n) is 4.10. The molecule has 0 heterocycles. The molecule has 0 bridgehead atoms. The van der Waals surface area contributed by atoms with E-state index in [1.165, 1.54) is 7.11 Å². The lowest BCUT2D eigenvalue weighted by Crippen LogP contribution is -2.43. The van der Waals surface area contributed by atoms with E-state index in [9.17, 15) is 19.5 Å². The molecule has 1 amide bonds. The maximum Gasteiger partial charge on any atom is 0.330 e. The topological polar surface area (TPSA) is 113 Å². The van der Waals surface area contributed by atoms with Gasteiger partial charge in [0.1, 0.15) is 5.78 Å². The average Bonchev–Trinajstić information content (AvgIpc) is 3.11. The van der Waals surface area contributed by atoms with Crippen molar-refractivity contribution in [2.75, 3.05) is 13.7 Å². The van der Waals surface area contributed by atoms with Crippen molar-refractivity contribution in [2.45, 2.75) is 96.1 Å². The predicted octanol–water partition coefficient (Wildman–Crippen LogP) is 3.07. The number of ether oxygens (including phenoxy) is 1. The van der Waals surface area contributed by atoms with Crippen LogP contribution in [0.5, 0.6) is 0 Å². The third-order valence-electron chi connectivity index (χ3n) is 6.01. The van der Waals surface area contributed by atoms with Crippen molar-refractivity contribution >= 4 is 17.7 Å². The molecule has 7 heteroatoms. The molecule has 1 aliphatic carbocycles. The Hall–Kier alpha value is -1.73. The van der Waals surface area contributed by atoms with Gasteiger partial charge in [0.25, 0.3) is 0 Å². The third-order valence-corrected chi connectivity index (χ3v) is 6.01. The fourth-order valence-corrected chi connectivity index (χ4v) is 4.10. The number of carbonyl (C=O) groups is 3. The Morgan fingerprint density at radius 3 is 2.61 bits per heavy atom. The average molecular weight is 440 g/mol. The molecule has 0 aromatic rings. The molecule has 0 saturated heterocycles. The van der Waals surface area contributed by atoms with Crippen LogP contribution in [-0.2, 0) is 19.1 Å². The number of allylic oxidation sites excluding steroid dienone is 1. The molecule has 1 rings (SSSR count). The normalized spacial score (nSPS) is 20.7. The summed E-state index contributed by atoms with van der Waals surface area (Å²) in [4.78, 5) is 35.5. The highest BCUT2D eigenvalue weighted by molar-refractivity contribution is 5.84. The molecule has 0 radical (unpaired) electrons. The van der Waals surface area contributed by atoms with Gasteiger partial charge in [0, 0.05) is 18.8 Å². The van der Waals surface area contributed by atoms with E-state index in [0.29, 0.717) is 18.6 Å². The monoisotopic (exact) mass is 439 g/mol. The summed E-state index contributed by atoms with van der Waals surface area (Å²) in [7, 11) is 1.21. The van der Waals surface area contributed by atoms with Gasteiger partial charge in [0.2, 0.25) is 5.91 Å². The second kappa shape index (κ2) is 16.0. The van der Waals surface area contributed by atoms with Gasteiger partial charge >= 0.3 is 5.97 Å². The first-order valence-corrected chi connectivity index (χ1v) is 11.8. The van der Waals surface area contributed by atoms with Gasteiger partial charge in [-0.2, -0.15) is 0 Å². The summed E-state index contributed by atoms with van der Waals surface area (Å²) in [5.41, 5.74) is 0. The van der Waals surface area contributed by atoms with E-state index in [1.807, 2.05) is 6.08 Å². The Balaban J connectivity index is 2.25.